The quantitative estimate of drug-likeness (QED) is 0.498. The Kier molecular flexibility index (Phi) is 5.72. The van der Waals surface area contributed by atoms with Gasteiger partial charge in [0.2, 0.25) is 0 Å². The molecule has 0 atom stereocenters. The molecule has 4 rings (SSSR count). The van der Waals surface area contributed by atoms with Gasteiger partial charge in [0.1, 0.15) is 24.5 Å². The van der Waals surface area contributed by atoms with Gasteiger partial charge in [-0.2, -0.15) is 9.50 Å². The fraction of sp³-hybridized carbons (Fsp3) is 0.217. The zero-order valence-electron chi connectivity index (χ0n) is 17.9. The van der Waals surface area contributed by atoms with Gasteiger partial charge in [-0.1, -0.05) is 18.2 Å². The highest BCUT2D eigenvalue weighted by atomic mass is 19.1. The van der Waals surface area contributed by atoms with E-state index >= 15 is 0 Å². The number of nitrogens with zero attached hydrogens (tertiary/aromatic N) is 4. The van der Waals surface area contributed by atoms with Crippen LogP contribution in [-0.4, -0.2) is 25.1 Å². The van der Waals surface area contributed by atoms with Gasteiger partial charge in [-0.05, 0) is 50.6 Å². The SMILES string of the molecule is Cc1ccc(OCc2cc(=O)n3c(ncn3C(C)C)n2)c(NC(=O)c2ccccc2F)c1. The van der Waals surface area contributed by atoms with Crippen LogP contribution in [0.1, 0.15) is 41.5 Å². The summed E-state index contributed by atoms with van der Waals surface area (Å²) in [6.07, 6.45) is 1.56. The summed E-state index contributed by atoms with van der Waals surface area (Å²) in [7, 11) is 0. The van der Waals surface area contributed by atoms with Crippen LogP contribution in [0.25, 0.3) is 5.78 Å². The molecule has 0 radical (unpaired) electrons. The van der Waals surface area contributed by atoms with E-state index in [1.54, 1.807) is 29.2 Å². The lowest BCUT2D eigenvalue weighted by molar-refractivity contribution is 0.102. The average molecular weight is 435 g/mol. The molecule has 164 valence electrons. The number of halogens is 1. The molecule has 0 aliphatic carbocycles. The average Bonchev–Trinajstić information content (AvgIpc) is 3.18. The highest BCUT2D eigenvalue weighted by Gasteiger charge is 2.15. The second-order valence-corrected chi connectivity index (χ2v) is 7.64. The number of ether oxygens (including phenoxy) is 1. The van der Waals surface area contributed by atoms with Crippen molar-refractivity contribution >= 4 is 17.4 Å². The number of hydrogen-bond acceptors (Lipinski definition) is 5. The van der Waals surface area contributed by atoms with Crippen LogP contribution >= 0.6 is 0 Å². The molecule has 0 saturated carbocycles. The predicted molar refractivity (Wildman–Crippen MR) is 117 cm³/mol. The maximum Gasteiger partial charge on any atom is 0.274 e. The fourth-order valence-corrected chi connectivity index (χ4v) is 3.27. The van der Waals surface area contributed by atoms with Gasteiger partial charge in [0, 0.05) is 12.1 Å². The molecular formula is C23H22FN5O3. The molecule has 0 aliphatic heterocycles. The lowest BCUT2D eigenvalue weighted by Gasteiger charge is -2.14. The van der Waals surface area contributed by atoms with Crippen LogP contribution in [0.15, 0.2) is 59.7 Å². The summed E-state index contributed by atoms with van der Waals surface area (Å²) in [4.78, 5) is 33.7. The number of amides is 1. The number of carbonyl (C=O) groups is 1. The Bertz CT molecular complexity index is 1360. The van der Waals surface area contributed by atoms with Gasteiger partial charge >= 0.3 is 0 Å². The number of fused-ring (bicyclic) bond motifs is 1. The molecule has 0 bridgehead atoms. The predicted octanol–water partition coefficient (Wildman–Crippen LogP) is 3.75. The van der Waals surface area contributed by atoms with Gasteiger partial charge < -0.3 is 10.1 Å². The molecule has 4 aromatic rings. The van der Waals surface area contributed by atoms with Gasteiger partial charge in [0.05, 0.1) is 16.9 Å². The van der Waals surface area contributed by atoms with E-state index in [0.29, 0.717) is 17.1 Å². The standard InChI is InChI=1S/C23H22FN5O3/c1-14(2)28-13-25-23-26-16(11-21(30)29(23)28)12-32-20-9-8-15(3)10-19(20)27-22(31)17-6-4-5-7-18(17)24/h4-11,13-14H,12H2,1-3H3,(H,27,31). The van der Waals surface area contributed by atoms with Crippen molar-refractivity contribution < 1.29 is 13.9 Å². The normalized spacial score (nSPS) is 11.2. The first-order chi connectivity index (χ1) is 15.3. The van der Waals surface area contributed by atoms with Crippen molar-refractivity contribution in [3.8, 4) is 5.75 Å². The van der Waals surface area contributed by atoms with Crippen molar-refractivity contribution in [1.29, 1.82) is 0 Å². The summed E-state index contributed by atoms with van der Waals surface area (Å²) in [5, 5.41) is 2.70. The summed E-state index contributed by atoms with van der Waals surface area (Å²) in [6, 6.07) is 12.4. The largest absolute Gasteiger partial charge is 0.485 e. The Morgan fingerprint density at radius 3 is 2.72 bits per heavy atom. The molecule has 2 heterocycles. The lowest BCUT2D eigenvalue weighted by atomic mass is 10.1. The molecule has 8 nitrogen and oxygen atoms in total. The minimum Gasteiger partial charge on any atom is -0.485 e. The third-order valence-electron chi connectivity index (χ3n) is 4.86. The Balaban J connectivity index is 1.57. The van der Waals surface area contributed by atoms with Gasteiger partial charge in [0.15, 0.2) is 0 Å². The van der Waals surface area contributed by atoms with Crippen molar-refractivity contribution in [2.24, 2.45) is 0 Å². The summed E-state index contributed by atoms with van der Waals surface area (Å²) >= 11 is 0. The highest BCUT2D eigenvalue weighted by molar-refractivity contribution is 6.05. The summed E-state index contributed by atoms with van der Waals surface area (Å²) in [5.41, 5.74) is 1.34. The monoisotopic (exact) mass is 435 g/mol. The molecule has 0 saturated heterocycles. The van der Waals surface area contributed by atoms with Crippen LogP contribution in [0, 0.1) is 12.7 Å². The lowest BCUT2D eigenvalue weighted by Crippen LogP contribution is -2.23. The molecule has 0 aliphatic rings. The number of aromatic nitrogens is 4. The van der Waals surface area contributed by atoms with E-state index in [-0.39, 0.29) is 29.5 Å². The first kappa shape index (κ1) is 21.2. The number of rotatable bonds is 6. The van der Waals surface area contributed by atoms with Gasteiger partial charge in [-0.3, -0.25) is 14.3 Å². The number of anilines is 1. The van der Waals surface area contributed by atoms with Crippen LogP contribution in [-0.2, 0) is 6.61 Å². The van der Waals surface area contributed by atoms with Crippen LogP contribution in [0.5, 0.6) is 5.75 Å². The number of nitrogens with one attached hydrogen (secondary N) is 1. The maximum absolute atomic E-state index is 14.0. The van der Waals surface area contributed by atoms with E-state index in [0.717, 1.165) is 5.56 Å². The third-order valence-corrected chi connectivity index (χ3v) is 4.86. The third kappa shape index (κ3) is 4.22. The van der Waals surface area contributed by atoms with Gasteiger partial charge in [-0.25, -0.2) is 9.37 Å². The topological polar surface area (TPSA) is 90.5 Å². The molecule has 32 heavy (non-hydrogen) atoms. The molecule has 9 heteroatoms. The maximum atomic E-state index is 14.0. The minimum atomic E-state index is -0.612. The van der Waals surface area contributed by atoms with Crippen molar-refractivity contribution in [2.45, 2.75) is 33.4 Å². The molecule has 2 aromatic carbocycles. The first-order valence-corrected chi connectivity index (χ1v) is 10.1. The Morgan fingerprint density at radius 2 is 1.97 bits per heavy atom. The second-order valence-electron chi connectivity index (χ2n) is 7.64. The van der Waals surface area contributed by atoms with E-state index < -0.39 is 11.7 Å². The minimum absolute atomic E-state index is 0.00803. The Hall–Kier alpha value is -4.01. The molecule has 1 N–H and O–H groups in total. The molecular weight excluding hydrogens is 413 g/mol. The van der Waals surface area contributed by atoms with Crippen molar-refractivity contribution in [3.05, 3.63) is 87.9 Å². The van der Waals surface area contributed by atoms with Crippen LogP contribution < -0.4 is 15.6 Å². The van der Waals surface area contributed by atoms with E-state index in [4.69, 9.17) is 4.74 Å². The summed E-state index contributed by atoms with van der Waals surface area (Å²) in [5.74, 6) is -0.550. The van der Waals surface area contributed by atoms with E-state index in [1.807, 2.05) is 26.8 Å². The molecule has 0 unspecified atom stereocenters. The Morgan fingerprint density at radius 1 is 1.19 bits per heavy atom. The van der Waals surface area contributed by atoms with Crippen molar-refractivity contribution in [3.63, 3.8) is 0 Å². The number of hydrogen-bond donors (Lipinski definition) is 1. The van der Waals surface area contributed by atoms with Crippen LogP contribution in [0.4, 0.5) is 10.1 Å². The summed E-state index contributed by atoms with van der Waals surface area (Å²) in [6.45, 7) is 5.74. The smallest absolute Gasteiger partial charge is 0.274 e. The fourth-order valence-electron chi connectivity index (χ4n) is 3.27. The zero-order chi connectivity index (χ0) is 22.8. The summed E-state index contributed by atoms with van der Waals surface area (Å²) < 4.78 is 22.9. The highest BCUT2D eigenvalue weighted by Crippen LogP contribution is 2.27. The molecule has 0 fully saturated rings. The number of aryl methyl sites for hydroxylation is 1. The number of carbonyl (C=O) groups excluding carboxylic acids is 1. The van der Waals surface area contributed by atoms with Crippen LogP contribution in [0.3, 0.4) is 0 Å². The first-order valence-electron chi connectivity index (χ1n) is 10.1. The molecule has 2 aromatic heterocycles. The number of benzene rings is 2. The van der Waals surface area contributed by atoms with Crippen LogP contribution in [0.2, 0.25) is 0 Å². The molecule has 1 amide bonds. The van der Waals surface area contributed by atoms with E-state index in [1.165, 1.54) is 28.8 Å². The van der Waals surface area contributed by atoms with E-state index in [2.05, 4.69) is 15.3 Å². The van der Waals surface area contributed by atoms with Gasteiger partial charge in [0.25, 0.3) is 17.2 Å². The zero-order valence-corrected chi connectivity index (χ0v) is 17.9. The van der Waals surface area contributed by atoms with Crippen molar-refractivity contribution in [1.82, 2.24) is 19.2 Å². The second kappa shape index (κ2) is 8.62. The Labute approximate surface area is 183 Å². The van der Waals surface area contributed by atoms with Gasteiger partial charge in [-0.15, -0.1) is 0 Å². The van der Waals surface area contributed by atoms with E-state index in [9.17, 15) is 14.0 Å². The van der Waals surface area contributed by atoms with Crippen molar-refractivity contribution in [2.75, 3.05) is 5.32 Å². The molecule has 0 spiro atoms.